The largest absolute Gasteiger partial charge is 0.748 e. The zero-order valence-corrected chi connectivity index (χ0v) is 10.7. The number of nitrogens with zero attached hydrogens (tertiary/aromatic N) is 1. The van der Waals surface area contributed by atoms with Crippen LogP contribution in [0.2, 0.25) is 10.0 Å². The number of carboxylic acid groups (broad SMARTS) is 1. The summed E-state index contributed by atoms with van der Waals surface area (Å²) in [6.07, 6.45) is 0. The Morgan fingerprint density at radius 3 is 2.59 bits per heavy atom. The molecule has 94 valence electrons. The Balaban J connectivity index is 3.30. The van der Waals surface area contributed by atoms with Gasteiger partial charge >= 0.3 is 5.97 Å². The summed E-state index contributed by atoms with van der Waals surface area (Å²) < 4.78 is 25.0. The number of carboxylic acids is 1. The number of rotatable bonds is 4. The summed E-state index contributed by atoms with van der Waals surface area (Å²) in [4.78, 5) is 11.0. The van der Waals surface area contributed by atoms with Gasteiger partial charge in [0.1, 0.15) is 11.4 Å². The zero-order chi connectivity index (χ0) is 13.2. The molecule has 0 amide bonds. The van der Waals surface area contributed by atoms with Gasteiger partial charge in [-0.2, -0.15) is 4.28 Å². The lowest BCUT2D eigenvalue weighted by atomic mass is 10.2. The monoisotopic (exact) mass is 298 g/mol. The molecule has 0 heterocycles. The molecule has 0 spiro atoms. The van der Waals surface area contributed by atoms with Gasteiger partial charge in [-0.3, -0.25) is 0 Å². The van der Waals surface area contributed by atoms with E-state index >= 15 is 0 Å². The molecule has 1 aromatic rings. The van der Waals surface area contributed by atoms with Gasteiger partial charge in [0.2, 0.25) is 0 Å². The van der Waals surface area contributed by atoms with Gasteiger partial charge in [0.15, 0.2) is 0 Å². The van der Waals surface area contributed by atoms with Crippen LogP contribution in [-0.4, -0.2) is 26.9 Å². The van der Waals surface area contributed by atoms with Crippen LogP contribution in [0.3, 0.4) is 0 Å². The van der Waals surface area contributed by atoms with Crippen molar-refractivity contribution in [2.45, 2.75) is 0 Å². The lowest BCUT2D eigenvalue weighted by Gasteiger charge is -2.22. The Kier molecular flexibility index (Phi) is 4.72. The van der Waals surface area contributed by atoms with Gasteiger partial charge in [0.25, 0.3) is 0 Å². The van der Waals surface area contributed by atoms with E-state index in [2.05, 4.69) is 4.28 Å². The fourth-order valence-electron chi connectivity index (χ4n) is 1.18. The van der Waals surface area contributed by atoms with Gasteiger partial charge < -0.3 is 9.66 Å². The molecule has 0 saturated carbocycles. The molecule has 0 aliphatic carbocycles. The summed E-state index contributed by atoms with van der Waals surface area (Å²) in [6, 6.07) is 2.41. The van der Waals surface area contributed by atoms with Crippen LogP contribution < -0.4 is 5.06 Å². The van der Waals surface area contributed by atoms with E-state index < -0.39 is 17.3 Å². The van der Waals surface area contributed by atoms with E-state index in [1.165, 1.54) is 13.1 Å². The van der Waals surface area contributed by atoms with E-state index in [0.29, 0.717) is 0 Å². The lowest BCUT2D eigenvalue weighted by Crippen LogP contribution is -2.22. The molecule has 6 nitrogen and oxygen atoms in total. The van der Waals surface area contributed by atoms with Gasteiger partial charge in [0.05, 0.1) is 16.3 Å². The summed E-state index contributed by atoms with van der Waals surface area (Å²) >= 11 is 8.59. The average molecular weight is 299 g/mol. The minimum Gasteiger partial charge on any atom is -0.748 e. The van der Waals surface area contributed by atoms with Gasteiger partial charge in [-0.1, -0.05) is 23.2 Å². The van der Waals surface area contributed by atoms with Gasteiger partial charge in [-0.25, -0.2) is 14.1 Å². The summed E-state index contributed by atoms with van der Waals surface area (Å²) in [5.41, 5.74) is -0.372. The fourth-order valence-corrected chi connectivity index (χ4v) is 2.05. The molecule has 1 N–H and O–H groups in total. The molecule has 0 fully saturated rings. The number of hydrogen-bond donors (Lipinski definition) is 1. The first kappa shape index (κ1) is 14.2. The van der Waals surface area contributed by atoms with Crippen LogP contribution in [0.4, 0.5) is 5.69 Å². The number of benzene rings is 1. The van der Waals surface area contributed by atoms with E-state index in [9.17, 15) is 13.6 Å². The SMILES string of the molecule is CN(OS(=O)[O-])c1c(Cl)cc(Cl)cc1C(=O)O. The highest BCUT2D eigenvalue weighted by Gasteiger charge is 2.19. The maximum atomic E-state index is 11.0. The Hall–Kier alpha value is -0.860. The highest BCUT2D eigenvalue weighted by Crippen LogP contribution is 2.33. The number of halogens is 2. The second kappa shape index (κ2) is 5.65. The van der Waals surface area contributed by atoms with Crippen molar-refractivity contribution in [3.05, 3.63) is 27.7 Å². The maximum absolute atomic E-state index is 11.0. The second-order valence-corrected chi connectivity index (χ2v) is 4.27. The molecule has 0 saturated heterocycles. The van der Waals surface area contributed by atoms with Crippen LogP contribution >= 0.6 is 23.2 Å². The standard InChI is InChI=1S/C8H7Cl2NO5S/c1-11(16-17(14)15)7-5(8(12)13)2-4(9)3-6(7)10/h2-3H,1H3,(H,12,13)(H,14,15)/p-1. The van der Waals surface area contributed by atoms with Crippen LogP contribution in [0.5, 0.6) is 0 Å². The van der Waals surface area contributed by atoms with Crippen molar-refractivity contribution in [1.82, 2.24) is 0 Å². The van der Waals surface area contributed by atoms with Crippen molar-refractivity contribution in [2.24, 2.45) is 0 Å². The molecule has 0 radical (unpaired) electrons. The number of aromatic carboxylic acids is 1. The minimum absolute atomic E-state index is 0.0390. The maximum Gasteiger partial charge on any atom is 0.338 e. The molecule has 17 heavy (non-hydrogen) atoms. The van der Waals surface area contributed by atoms with Crippen LogP contribution in [-0.2, 0) is 15.6 Å². The quantitative estimate of drug-likeness (QED) is 0.674. The van der Waals surface area contributed by atoms with Crippen molar-refractivity contribution in [2.75, 3.05) is 12.1 Å². The Morgan fingerprint density at radius 2 is 2.12 bits per heavy atom. The van der Waals surface area contributed by atoms with E-state index in [1.54, 1.807) is 0 Å². The van der Waals surface area contributed by atoms with Crippen molar-refractivity contribution in [3.8, 4) is 0 Å². The first-order valence-electron chi connectivity index (χ1n) is 4.06. The molecular formula is C8H6Cl2NO5S-. The smallest absolute Gasteiger partial charge is 0.338 e. The summed E-state index contributed by atoms with van der Waals surface area (Å²) in [5.74, 6) is -1.31. The lowest BCUT2D eigenvalue weighted by molar-refractivity contribution is 0.0696. The predicted molar refractivity (Wildman–Crippen MR) is 61.8 cm³/mol. The third-order valence-electron chi connectivity index (χ3n) is 1.75. The number of hydroxylamine groups is 1. The Bertz CT molecular complexity index is 481. The first-order chi connectivity index (χ1) is 7.82. The third kappa shape index (κ3) is 3.55. The highest BCUT2D eigenvalue weighted by molar-refractivity contribution is 7.74. The second-order valence-electron chi connectivity index (χ2n) is 2.87. The predicted octanol–water partition coefficient (Wildman–Crippen LogP) is 1.85. The molecular weight excluding hydrogens is 293 g/mol. The number of anilines is 1. The molecule has 1 atom stereocenters. The van der Waals surface area contributed by atoms with Gasteiger partial charge in [0, 0.05) is 12.1 Å². The molecule has 0 aromatic heterocycles. The van der Waals surface area contributed by atoms with Gasteiger partial charge in [-0.05, 0) is 12.1 Å². The van der Waals surface area contributed by atoms with E-state index in [-0.39, 0.29) is 21.3 Å². The molecule has 9 heteroatoms. The summed E-state index contributed by atoms with van der Waals surface area (Å²) in [7, 11) is 1.21. The summed E-state index contributed by atoms with van der Waals surface area (Å²) in [6.45, 7) is 0. The summed E-state index contributed by atoms with van der Waals surface area (Å²) in [5, 5.41) is 9.75. The zero-order valence-electron chi connectivity index (χ0n) is 8.35. The van der Waals surface area contributed by atoms with Gasteiger partial charge in [-0.15, -0.1) is 0 Å². The highest BCUT2D eigenvalue weighted by atomic mass is 35.5. The molecule has 1 unspecified atom stereocenters. The molecule has 0 aliphatic rings. The van der Waals surface area contributed by atoms with Crippen LogP contribution in [0, 0.1) is 0 Å². The van der Waals surface area contributed by atoms with Crippen LogP contribution in [0.15, 0.2) is 12.1 Å². The first-order valence-corrected chi connectivity index (χ1v) is 5.82. The Morgan fingerprint density at radius 1 is 1.53 bits per heavy atom. The number of carbonyl (C=O) groups is 1. The number of hydrogen-bond acceptors (Lipinski definition) is 5. The molecule has 0 aliphatic heterocycles. The van der Waals surface area contributed by atoms with Crippen LogP contribution in [0.1, 0.15) is 10.4 Å². The third-order valence-corrected chi connectivity index (χ3v) is 2.60. The van der Waals surface area contributed by atoms with Crippen molar-refractivity contribution in [1.29, 1.82) is 0 Å². The van der Waals surface area contributed by atoms with Crippen molar-refractivity contribution in [3.63, 3.8) is 0 Å². The normalized spacial score (nSPS) is 12.2. The minimum atomic E-state index is -2.84. The van der Waals surface area contributed by atoms with Crippen LogP contribution in [0.25, 0.3) is 0 Å². The molecule has 1 aromatic carbocycles. The van der Waals surface area contributed by atoms with E-state index in [4.69, 9.17) is 28.3 Å². The Labute approximate surface area is 109 Å². The average Bonchev–Trinajstić information content (AvgIpc) is 2.14. The van der Waals surface area contributed by atoms with E-state index in [1.807, 2.05) is 0 Å². The topological polar surface area (TPSA) is 89.9 Å². The van der Waals surface area contributed by atoms with Crippen molar-refractivity contribution >= 4 is 46.2 Å². The van der Waals surface area contributed by atoms with Crippen molar-refractivity contribution < 1.29 is 22.9 Å². The van der Waals surface area contributed by atoms with E-state index in [0.717, 1.165) is 11.1 Å². The molecule has 1 rings (SSSR count). The fraction of sp³-hybridized carbons (Fsp3) is 0.125. The molecule has 0 bridgehead atoms.